The number of hydrogen-bond donors (Lipinski definition) is 1. The van der Waals surface area contributed by atoms with E-state index in [1.54, 1.807) is 0 Å². The van der Waals surface area contributed by atoms with Crippen LogP contribution in [-0.2, 0) is 6.61 Å². The van der Waals surface area contributed by atoms with Crippen molar-refractivity contribution in [2.45, 2.75) is 69.1 Å². The van der Waals surface area contributed by atoms with Crippen molar-refractivity contribution in [3.8, 4) is 5.75 Å². The SMILES string of the molecule is CN(C)[C@@H]1CCCN(CC(c2ccc(OCc3ccccc3)c(Cl)c2)C2(O)CCCCC2)C1. The van der Waals surface area contributed by atoms with Crippen LogP contribution in [0, 0.1) is 0 Å². The van der Waals surface area contributed by atoms with E-state index in [2.05, 4.69) is 42.1 Å². The normalized spacial score (nSPS) is 22.3. The van der Waals surface area contributed by atoms with Crippen LogP contribution in [0.1, 0.15) is 62.0 Å². The largest absolute Gasteiger partial charge is 0.487 e. The highest BCUT2D eigenvalue weighted by molar-refractivity contribution is 6.32. The number of aliphatic hydroxyl groups is 1. The van der Waals surface area contributed by atoms with Gasteiger partial charge in [-0.3, -0.25) is 0 Å². The Hall–Kier alpha value is -1.59. The Morgan fingerprint density at radius 1 is 1.09 bits per heavy atom. The van der Waals surface area contributed by atoms with E-state index in [0.717, 1.165) is 56.4 Å². The molecule has 5 heteroatoms. The average Bonchev–Trinajstić information content (AvgIpc) is 2.83. The first-order valence-electron chi connectivity index (χ1n) is 12.5. The monoisotopic (exact) mass is 470 g/mol. The molecule has 2 aliphatic rings. The molecule has 2 fully saturated rings. The molecule has 0 amide bonds. The van der Waals surface area contributed by atoms with Gasteiger partial charge in [-0.2, -0.15) is 0 Å². The second-order valence-electron chi connectivity index (χ2n) is 10.2. The van der Waals surface area contributed by atoms with Gasteiger partial charge in [-0.05, 0) is 69.6 Å². The van der Waals surface area contributed by atoms with E-state index < -0.39 is 5.60 Å². The second-order valence-corrected chi connectivity index (χ2v) is 10.6. The van der Waals surface area contributed by atoms with Crippen molar-refractivity contribution < 1.29 is 9.84 Å². The number of halogens is 1. The zero-order valence-corrected chi connectivity index (χ0v) is 20.9. The molecule has 180 valence electrons. The summed E-state index contributed by atoms with van der Waals surface area (Å²) in [6.45, 7) is 3.53. The highest BCUT2D eigenvalue weighted by atomic mass is 35.5. The van der Waals surface area contributed by atoms with Crippen LogP contribution >= 0.6 is 11.6 Å². The van der Waals surface area contributed by atoms with Crippen LogP contribution in [0.5, 0.6) is 5.75 Å². The van der Waals surface area contributed by atoms with Crippen LogP contribution in [0.2, 0.25) is 5.02 Å². The molecule has 2 aromatic carbocycles. The topological polar surface area (TPSA) is 35.9 Å². The molecule has 4 nitrogen and oxygen atoms in total. The van der Waals surface area contributed by atoms with Crippen LogP contribution in [0.15, 0.2) is 48.5 Å². The molecule has 2 aromatic rings. The number of benzene rings is 2. The molecule has 1 heterocycles. The Bertz CT molecular complexity index is 883. The lowest BCUT2D eigenvalue weighted by Gasteiger charge is -2.44. The second kappa shape index (κ2) is 11.2. The molecule has 1 saturated carbocycles. The molecular weight excluding hydrogens is 432 g/mol. The lowest BCUT2D eigenvalue weighted by Crippen LogP contribution is -2.50. The predicted octanol–water partition coefficient (Wildman–Crippen LogP) is 5.72. The molecule has 0 aromatic heterocycles. The van der Waals surface area contributed by atoms with Gasteiger partial charge < -0.3 is 19.6 Å². The van der Waals surface area contributed by atoms with Gasteiger partial charge in [0.25, 0.3) is 0 Å². The molecule has 0 bridgehead atoms. The highest BCUT2D eigenvalue weighted by Crippen LogP contribution is 2.42. The minimum atomic E-state index is -0.668. The van der Waals surface area contributed by atoms with Crippen LogP contribution in [-0.4, -0.2) is 60.3 Å². The first-order valence-corrected chi connectivity index (χ1v) is 12.9. The van der Waals surface area contributed by atoms with E-state index >= 15 is 0 Å². The van der Waals surface area contributed by atoms with Gasteiger partial charge in [0.15, 0.2) is 0 Å². The summed E-state index contributed by atoms with van der Waals surface area (Å²) >= 11 is 6.70. The van der Waals surface area contributed by atoms with E-state index in [4.69, 9.17) is 16.3 Å². The summed E-state index contributed by atoms with van der Waals surface area (Å²) in [4.78, 5) is 4.89. The number of piperidine rings is 1. The molecule has 1 saturated heterocycles. The molecule has 0 spiro atoms. The third-order valence-electron chi connectivity index (χ3n) is 7.62. The molecule has 4 rings (SSSR count). The maximum Gasteiger partial charge on any atom is 0.138 e. The summed E-state index contributed by atoms with van der Waals surface area (Å²) in [6.07, 6.45) is 7.60. The van der Waals surface area contributed by atoms with Gasteiger partial charge in [-0.25, -0.2) is 0 Å². The Kier molecular flexibility index (Phi) is 8.34. The highest BCUT2D eigenvalue weighted by Gasteiger charge is 2.40. The first-order chi connectivity index (χ1) is 15.9. The van der Waals surface area contributed by atoms with Gasteiger partial charge in [0.1, 0.15) is 12.4 Å². The van der Waals surface area contributed by atoms with Gasteiger partial charge in [0, 0.05) is 25.0 Å². The third-order valence-corrected chi connectivity index (χ3v) is 7.91. The molecule has 1 aliphatic carbocycles. The molecule has 2 atom stereocenters. The van der Waals surface area contributed by atoms with Gasteiger partial charge in [-0.1, -0.05) is 67.3 Å². The standard InChI is InChI=1S/C28H39ClN2O2/c1-30(2)24-12-9-17-31(19-24)20-25(28(32)15-7-4-8-16-28)23-13-14-27(26(29)18-23)33-21-22-10-5-3-6-11-22/h3,5-6,10-11,13-14,18,24-25,32H,4,7-9,12,15-17,19-21H2,1-2H3/t24-,25?/m1/s1. The quantitative estimate of drug-likeness (QED) is 0.535. The van der Waals surface area contributed by atoms with E-state index in [9.17, 15) is 5.11 Å². The molecule has 0 radical (unpaired) electrons. The number of likely N-dealkylation sites (N-methyl/N-ethyl adjacent to an activating group) is 1. The van der Waals surface area contributed by atoms with Crippen LogP contribution in [0.4, 0.5) is 0 Å². The van der Waals surface area contributed by atoms with Gasteiger partial charge >= 0.3 is 0 Å². The van der Waals surface area contributed by atoms with Crippen LogP contribution in [0.3, 0.4) is 0 Å². The van der Waals surface area contributed by atoms with Crippen molar-refractivity contribution in [3.63, 3.8) is 0 Å². The van der Waals surface area contributed by atoms with Crippen LogP contribution in [0.25, 0.3) is 0 Å². The lowest BCUT2D eigenvalue weighted by atomic mass is 9.72. The van der Waals surface area contributed by atoms with Crippen molar-refractivity contribution in [2.75, 3.05) is 33.7 Å². The van der Waals surface area contributed by atoms with E-state index in [1.165, 1.54) is 19.3 Å². The maximum atomic E-state index is 11.8. The smallest absolute Gasteiger partial charge is 0.138 e. The Labute approximate surface area is 204 Å². The van der Waals surface area contributed by atoms with Crippen molar-refractivity contribution in [3.05, 3.63) is 64.7 Å². The third kappa shape index (κ3) is 6.30. The summed E-state index contributed by atoms with van der Waals surface area (Å²) in [7, 11) is 4.35. The fourth-order valence-corrected chi connectivity index (χ4v) is 5.80. The Morgan fingerprint density at radius 3 is 2.55 bits per heavy atom. The first kappa shape index (κ1) is 24.5. The number of nitrogens with zero attached hydrogens (tertiary/aromatic N) is 2. The number of rotatable bonds is 8. The van der Waals surface area contributed by atoms with E-state index in [0.29, 0.717) is 23.4 Å². The predicted molar refractivity (Wildman–Crippen MR) is 136 cm³/mol. The fourth-order valence-electron chi connectivity index (χ4n) is 5.56. The number of likely N-dealkylation sites (tertiary alicyclic amines) is 1. The summed E-state index contributed by atoms with van der Waals surface area (Å²) < 4.78 is 6.01. The molecule has 1 N–H and O–H groups in total. The molecule has 1 aliphatic heterocycles. The summed E-state index contributed by atoms with van der Waals surface area (Å²) in [5.74, 6) is 0.753. The van der Waals surface area contributed by atoms with Gasteiger partial charge in [-0.15, -0.1) is 0 Å². The van der Waals surface area contributed by atoms with Crippen molar-refractivity contribution in [2.24, 2.45) is 0 Å². The zero-order chi connectivity index (χ0) is 23.3. The van der Waals surface area contributed by atoms with Crippen LogP contribution < -0.4 is 4.74 Å². The van der Waals surface area contributed by atoms with Crippen molar-refractivity contribution in [1.82, 2.24) is 9.80 Å². The fraction of sp³-hybridized carbons (Fsp3) is 0.571. The summed E-state index contributed by atoms with van der Waals surface area (Å²) in [5, 5.41) is 12.4. The Balaban J connectivity index is 1.53. The average molecular weight is 471 g/mol. The maximum absolute atomic E-state index is 11.8. The number of hydrogen-bond acceptors (Lipinski definition) is 4. The van der Waals surface area contributed by atoms with E-state index in [-0.39, 0.29) is 5.92 Å². The van der Waals surface area contributed by atoms with Gasteiger partial charge in [0.05, 0.1) is 10.6 Å². The minimum Gasteiger partial charge on any atom is -0.487 e. The van der Waals surface area contributed by atoms with Gasteiger partial charge in [0.2, 0.25) is 0 Å². The summed E-state index contributed by atoms with van der Waals surface area (Å²) in [6, 6.07) is 16.9. The Morgan fingerprint density at radius 2 is 1.85 bits per heavy atom. The van der Waals surface area contributed by atoms with E-state index in [1.807, 2.05) is 30.3 Å². The lowest BCUT2D eigenvalue weighted by molar-refractivity contribution is -0.0344. The van der Waals surface area contributed by atoms with Crippen molar-refractivity contribution in [1.29, 1.82) is 0 Å². The zero-order valence-electron chi connectivity index (χ0n) is 20.2. The molecular formula is C28H39ClN2O2. The summed E-state index contributed by atoms with van der Waals surface area (Å²) in [5.41, 5.74) is 1.58. The van der Waals surface area contributed by atoms with Crippen molar-refractivity contribution >= 4 is 11.6 Å². The molecule has 33 heavy (non-hydrogen) atoms. The number of ether oxygens (including phenoxy) is 1. The molecule has 1 unspecified atom stereocenters. The minimum absolute atomic E-state index is 0.0550.